The Morgan fingerprint density at radius 1 is 1.43 bits per heavy atom. The molecule has 0 aliphatic carbocycles. The highest BCUT2D eigenvalue weighted by Gasteiger charge is 2.44. The van der Waals surface area contributed by atoms with E-state index in [4.69, 9.17) is 11.6 Å². The molecular formula is C18H24ClNO. The molecule has 1 unspecified atom stereocenters. The molecule has 0 saturated carbocycles. The normalized spacial score (nSPS) is 26.2. The number of halogens is 1. The maximum absolute atomic E-state index is 13.0. The minimum absolute atomic E-state index is 0.146. The molecule has 0 radical (unpaired) electrons. The fourth-order valence-electron chi connectivity index (χ4n) is 3.27. The SMILES string of the molecule is C=CC[C@@]1(C)CCC(c2ccc(Cl)cc2)N(C(C)C)C1=O. The summed E-state index contributed by atoms with van der Waals surface area (Å²) in [7, 11) is 0. The van der Waals surface area contributed by atoms with Crippen molar-refractivity contribution < 1.29 is 4.79 Å². The standard InChI is InChI=1S/C18H24ClNO/c1-5-11-18(4)12-10-16(20(13(2)3)17(18)21)14-6-8-15(19)9-7-14/h5-9,13,16H,1,10-12H2,2-4H3/t16?,18-/m0/s1. The molecule has 0 aromatic heterocycles. The largest absolute Gasteiger partial charge is 0.333 e. The third-order valence-electron chi connectivity index (χ3n) is 4.46. The molecule has 1 aromatic rings. The number of piperidine rings is 1. The fourth-order valence-corrected chi connectivity index (χ4v) is 3.40. The smallest absolute Gasteiger partial charge is 0.229 e. The second-order valence-electron chi connectivity index (χ2n) is 6.47. The van der Waals surface area contributed by atoms with Gasteiger partial charge in [-0.25, -0.2) is 0 Å². The molecule has 21 heavy (non-hydrogen) atoms. The second-order valence-corrected chi connectivity index (χ2v) is 6.90. The van der Waals surface area contributed by atoms with Gasteiger partial charge in [0.1, 0.15) is 0 Å². The van der Waals surface area contributed by atoms with Crippen LogP contribution in [0.15, 0.2) is 36.9 Å². The highest BCUT2D eigenvalue weighted by Crippen LogP contribution is 2.43. The van der Waals surface area contributed by atoms with Gasteiger partial charge in [0.2, 0.25) is 5.91 Å². The number of benzene rings is 1. The van der Waals surface area contributed by atoms with Gasteiger partial charge in [-0.15, -0.1) is 6.58 Å². The Morgan fingerprint density at radius 3 is 2.57 bits per heavy atom. The van der Waals surface area contributed by atoms with Crippen LogP contribution in [-0.4, -0.2) is 16.8 Å². The van der Waals surface area contributed by atoms with Crippen molar-refractivity contribution in [3.05, 3.63) is 47.5 Å². The molecule has 0 N–H and O–H groups in total. The van der Waals surface area contributed by atoms with Crippen molar-refractivity contribution in [3.63, 3.8) is 0 Å². The summed E-state index contributed by atoms with van der Waals surface area (Å²) in [6.45, 7) is 10.0. The number of amides is 1. The Balaban J connectivity index is 2.34. The summed E-state index contributed by atoms with van der Waals surface area (Å²) in [6, 6.07) is 8.20. The molecule has 0 spiro atoms. The van der Waals surface area contributed by atoms with Gasteiger partial charge < -0.3 is 4.90 Å². The van der Waals surface area contributed by atoms with E-state index in [0.29, 0.717) is 0 Å². The van der Waals surface area contributed by atoms with Crippen LogP contribution in [0.3, 0.4) is 0 Å². The van der Waals surface area contributed by atoms with E-state index >= 15 is 0 Å². The maximum Gasteiger partial charge on any atom is 0.229 e. The van der Waals surface area contributed by atoms with E-state index in [1.54, 1.807) is 0 Å². The van der Waals surface area contributed by atoms with Crippen LogP contribution in [0.5, 0.6) is 0 Å². The van der Waals surface area contributed by atoms with E-state index in [2.05, 4.69) is 27.4 Å². The van der Waals surface area contributed by atoms with Crippen molar-refractivity contribution in [2.75, 3.05) is 0 Å². The van der Waals surface area contributed by atoms with Crippen LogP contribution >= 0.6 is 11.6 Å². The average Bonchev–Trinajstić information content (AvgIpc) is 2.43. The van der Waals surface area contributed by atoms with Crippen LogP contribution in [0.25, 0.3) is 0 Å². The van der Waals surface area contributed by atoms with Crippen molar-refractivity contribution in [3.8, 4) is 0 Å². The van der Waals surface area contributed by atoms with E-state index in [-0.39, 0.29) is 23.4 Å². The molecule has 1 fully saturated rings. The summed E-state index contributed by atoms with van der Waals surface area (Å²) in [5.41, 5.74) is 0.858. The van der Waals surface area contributed by atoms with Gasteiger partial charge in [-0.2, -0.15) is 0 Å². The summed E-state index contributed by atoms with van der Waals surface area (Å²) < 4.78 is 0. The lowest BCUT2D eigenvalue weighted by atomic mass is 9.74. The minimum atomic E-state index is -0.311. The Bertz CT molecular complexity index is 523. The zero-order chi connectivity index (χ0) is 15.6. The minimum Gasteiger partial charge on any atom is -0.333 e. The molecule has 2 atom stereocenters. The monoisotopic (exact) mass is 305 g/mol. The van der Waals surface area contributed by atoms with E-state index in [0.717, 1.165) is 24.3 Å². The predicted octanol–water partition coefficient (Wildman–Crippen LogP) is 4.99. The van der Waals surface area contributed by atoms with Crippen molar-refractivity contribution in [2.24, 2.45) is 5.41 Å². The molecule has 1 heterocycles. The Labute approximate surface area is 132 Å². The predicted molar refractivity (Wildman–Crippen MR) is 88.3 cm³/mol. The summed E-state index contributed by atoms with van der Waals surface area (Å²) in [5.74, 6) is 0.239. The molecule has 1 amide bonds. The molecule has 1 aliphatic rings. The molecule has 1 aliphatic heterocycles. The van der Waals surface area contributed by atoms with Crippen LogP contribution in [0.4, 0.5) is 0 Å². The maximum atomic E-state index is 13.0. The van der Waals surface area contributed by atoms with Crippen molar-refractivity contribution in [1.82, 2.24) is 4.90 Å². The van der Waals surface area contributed by atoms with Gasteiger partial charge >= 0.3 is 0 Å². The van der Waals surface area contributed by atoms with Crippen LogP contribution in [-0.2, 0) is 4.79 Å². The van der Waals surface area contributed by atoms with Gasteiger partial charge in [0, 0.05) is 11.1 Å². The third kappa shape index (κ3) is 3.16. The molecule has 114 valence electrons. The number of allylic oxidation sites excluding steroid dienone is 1. The molecular weight excluding hydrogens is 282 g/mol. The number of rotatable bonds is 4. The first-order chi connectivity index (χ1) is 9.89. The molecule has 1 aromatic carbocycles. The van der Waals surface area contributed by atoms with Crippen molar-refractivity contribution in [2.45, 2.75) is 52.1 Å². The second kappa shape index (κ2) is 6.23. The van der Waals surface area contributed by atoms with Crippen molar-refractivity contribution in [1.29, 1.82) is 0 Å². The lowest BCUT2D eigenvalue weighted by molar-refractivity contribution is -0.151. The van der Waals surface area contributed by atoms with Gasteiger partial charge in [-0.3, -0.25) is 4.79 Å². The average molecular weight is 306 g/mol. The quantitative estimate of drug-likeness (QED) is 0.717. The summed E-state index contributed by atoms with van der Waals surface area (Å²) in [5, 5.41) is 0.730. The summed E-state index contributed by atoms with van der Waals surface area (Å²) in [4.78, 5) is 15.0. The number of likely N-dealkylation sites (tertiary alicyclic amines) is 1. The Kier molecular flexibility index (Phi) is 4.77. The number of nitrogens with zero attached hydrogens (tertiary/aromatic N) is 1. The van der Waals surface area contributed by atoms with Gasteiger partial charge in [-0.1, -0.05) is 36.7 Å². The molecule has 0 bridgehead atoms. The van der Waals surface area contributed by atoms with Crippen LogP contribution in [0.1, 0.15) is 51.6 Å². The summed E-state index contributed by atoms with van der Waals surface area (Å²) >= 11 is 5.97. The molecule has 3 heteroatoms. The van der Waals surface area contributed by atoms with E-state index in [1.165, 1.54) is 5.56 Å². The third-order valence-corrected chi connectivity index (χ3v) is 4.71. The zero-order valence-corrected chi connectivity index (χ0v) is 13.9. The first-order valence-electron chi connectivity index (χ1n) is 7.58. The van der Waals surface area contributed by atoms with Crippen molar-refractivity contribution >= 4 is 17.5 Å². The highest BCUT2D eigenvalue weighted by atomic mass is 35.5. The fraction of sp³-hybridized carbons (Fsp3) is 0.500. The number of carbonyl (C=O) groups excluding carboxylic acids is 1. The molecule has 2 nitrogen and oxygen atoms in total. The van der Waals surface area contributed by atoms with Gasteiger partial charge in [-0.05, 0) is 50.8 Å². The Morgan fingerprint density at radius 2 is 2.05 bits per heavy atom. The van der Waals surface area contributed by atoms with E-state index in [9.17, 15) is 4.79 Å². The number of hydrogen-bond donors (Lipinski definition) is 0. The van der Waals surface area contributed by atoms with Crippen LogP contribution in [0, 0.1) is 5.41 Å². The van der Waals surface area contributed by atoms with Gasteiger partial charge in [0.05, 0.1) is 11.5 Å². The highest BCUT2D eigenvalue weighted by molar-refractivity contribution is 6.30. The molecule has 2 rings (SSSR count). The van der Waals surface area contributed by atoms with E-state index < -0.39 is 0 Å². The Hall–Kier alpha value is -1.28. The first kappa shape index (κ1) is 16.1. The number of hydrogen-bond acceptors (Lipinski definition) is 1. The first-order valence-corrected chi connectivity index (χ1v) is 7.96. The molecule has 1 saturated heterocycles. The van der Waals surface area contributed by atoms with Gasteiger partial charge in [0.15, 0.2) is 0 Å². The lowest BCUT2D eigenvalue weighted by Crippen LogP contribution is -2.51. The summed E-state index contributed by atoms with van der Waals surface area (Å²) in [6.07, 6.45) is 4.48. The van der Waals surface area contributed by atoms with Gasteiger partial charge in [0.25, 0.3) is 0 Å². The number of carbonyl (C=O) groups is 1. The zero-order valence-electron chi connectivity index (χ0n) is 13.1. The van der Waals surface area contributed by atoms with Crippen LogP contribution < -0.4 is 0 Å². The lowest BCUT2D eigenvalue weighted by Gasteiger charge is -2.46. The topological polar surface area (TPSA) is 20.3 Å². The van der Waals surface area contributed by atoms with Crippen LogP contribution in [0.2, 0.25) is 5.02 Å². The van der Waals surface area contributed by atoms with E-state index in [1.807, 2.05) is 35.2 Å².